The number of hydrogen-bond acceptors (Lipinski definition) is 5. The van der Waals surface area contributed by atoms with E-state index in [4.69, 9.17) is 11.0 Å². The van der Waals surface area contributed by atoms with Gasteiger partial charge in [0.25, 0.3) is 0 Å². The highest BCUT2D eigenvalue weighted by Gasteiger charge is 2.24. The number of ether oxygens (including phenoxy) is 1. The molecule has 96 valence electrons. The number of aromatic nitrogens is 2. The van der Waals surface area contributed by atoms with Crippen LogP contribution in [0, 0.1) is 14.9 Å². The molecule has 1 aromatic carbocycles. The van der Waals surface area contributed by atoms with Gasteiger partial charge in [-0.05, 0) is 34.7 Å². The topological polar surface area (TPSA) is 93.9 Å². The summed E-state index contributed by atoms with van der Waals surface area (Å²) in [7, 11) is 1.25. The molecule has 2 aromatic rings. The third kappa shape index (κ3) is 2.26. The fourth-order valence-corrected chi connectivity index (χ4v) is 2.22. The zero-order valence-electron chi connectivity index (χ0n) is 9.92. The van der Waals surface area contributed by atoms with E-state index in [0.717, 1.165) is 3.57 Å². The highest BCUT2D eigenvalue weighted by Crippen LogP contribution is 2.24. The molecule has 0 aliphatic heterocycles. The van der Waals surface area contributed by atoms with Crippen molar-refractivity contribution in [3.63, 3.8) is 0 Å². The van der Waals surface area contributed by atoms with Gasteiger partial charge in [0.15, 0.2) is 11.4 Å². The van der Waals surface area contributed by atoms with E-state index in [1.54, 1.807) is 6.07 Å². The summed E-state index contributed by atoms with van der Waals surface area (Å²) in [6, 6.07) is 9.17. The molecule has 19 heavy (non-hydrogen) atoms. The normalized spacial score (nSPS) is 9.95. The van der Waals surface area contributed by atoms with Crippen LogP contribution in [-0.4, -0.2) is 22.9 Å². The van der Waals surface area contributed by atoms with E-state index in [9.17, 15) is 4.79 Å². The Balaban J connectivity index is 2.74. The lowest BCUT2D eigenvalue weighted by atomic mass is 10.3. The number of nitrogens with zero attached hydrogens (tertiary/aromatic N) is 3. The number of benzene rings is 1. The number of methoxy groups -OCH3 is 1. The summed E-state index contributed by atoms with van der Waals surface area (Å²) in [6.45, 7) is 0. The molecule has 0 aliphatic carbocycles. The van der Waals surface area contributed by atoms with E-state index in [1.807, 2.05) is 24.3 Å². The van der Waals surface area contributed by atoms with E-state index in [0.29, 0.717) is 5.69 Å². The van der Waals surface area contributed by atoms with E-state index < -0.39 is 5.97 Å². The first kappa shape index (κ1) is 13.4. The molecular weight excluding hydrogens is 359 g/mol. The Morgan fingerprint density at radius 1 is 1.53 bits per heavy atom. The Morgan fingerprint density at radius 2 is 2.21 bits per heavy atom. The van der Waals surface area contributed by atoms with Gasteiger partial charge in [0.1, 0.15) is 11.8 Å². The van der Waals surface area contributed by atoms with E-state index in [1.165, 1.54) is 11.8 Å². The third-order valence-electron chi connectivity index (χ3n) is 2.49. The van der Waals surface area contributed by atoms with Gasteiger partial charge in [-0.3, -0.25) is 0 Å². The second-order valence-electron chi connectivity index (χ2n) is 3.58. The van der Waals surface area contributed by atoms with Gasteiger partial charge in [-0.1, -0.05) is 12.1 Å². The van der Waals surface area contributed by atoms with Crippen LogP contribution in [0.3, 0.4) is 0 Å². The molecule has 0 radical (unpaired) electrons. The Kier molecular flexibility index (Phi) is 3.71. The van der Waals surface area contributed by atoms with Crippen molar-refractivity contribution in [3.05, 3.63) is 39.2 Å². The lowest BCUT2D eigenvalue weighted by Gasteiger charge is -2.07. The second kappa shape index (κ2) is 5.27. The lowest BCUT2D eigenvalue weighted by molar-refractivity contribution is 0.0591. The molecule has 0 unspecified atom stereocenters. The molecule has 0 saturated heterocycles. The summed E-state index contributed by atoms with van der Waals surface area (Å²) in [4.78, 5) is 11.8. The van der Waals surface area contributed by atoms with Crippen molar-refractivity contribution >= 4 is 34.2 Å². The molecule has 6 nitrogen and oxygen atoms in total. The van der Waals surface area contributed by atoms with Crippen molar-refractivity contribution in [1.29, 1.82) is 5.26 Å². The lowest BCUT2D eigenvalue weighted by Crippen LogP contribution is -2.12. The van der Waals surface area contributed by atoms with Crippen LogP contribution in [0.5, 0.6) is 0 Å². The van der Waals surface area contributed by atoms with Gasteiger partial charge in [0.2, 0.25) is 0 Å². The van der Waals surface area contributed by atoms with Crippen LogP contribution < -0.4 is 5.73 Å². The smallest absolute Gasteiger partial charge is 0.359 e. The molecule has 0 aliphatic rings. The van der Waals surface area contributed by atoms with Crippen LogP contribution in [0.15, 0.2) is 24.3 Å². The first-order chi connectivity index (χ1) is 9.10. The molecular formula is C12H9IN4O2. The maximum absolute atomic E-state index is 11.8. The molecule has 0 atom stereocenters. The monoisotopic (exact) mass is 368 g/mol. The van der Waals surface area contributed by atoms with E-state index in [-0.39, 0.29) is 17.1 Å². The standard InChI is InChI=1S/C12H9IN4O2/c1-19-12(18)11-10(15)8(6-14)16-17(11)9-5-3-2-4-7(9)13/h2-5H,15H2,1H3. The number of nitrogens with two attached hydrogens (primary N) is 1. The second-order valence-corrected chi connectivity index (χ2v) is 4.74. The van der Waals surface area contributed by atoms with Crippen molar-refractivity contribution in [2.45, 2.75) is 0 Å². The molecule has 0 amide bonds. The van der Waals surface area contributed by atoms with Crippen molar-refractivity contribution in [1.82, 2.24) is 9.78 Å². The number of nitriles is 1. The largest absolute Gasteiger partial charge is 0.464 e. The van der Waals surface area contributed by atoms with Crippen LogP contribution >= 0.6 is 22.6 Å². The fraction of sp³-hybridized carbons (Fsp3) is 0.0833. The summed E-state index contributed by atoms with van der Waals surface area (Å²) in [5, 5.41) is 13.0. The SMILES string of the molecule is COC(=O)c1c(N)c(C#N)nn1-c1ccccc1I. The van der Waals surface area contributed by atoms with Gasteiger partial charge in [-0.2, -0.15) is 10.4 Å². The molecule has 2 rings (SSSR count). The van der Waals surface area contributed by atoms with Crippen molar-refractivity contribution in [2.24, 2.45) is 0 Å². The number of nitrogen functional groups attached to an aromatic ring is 1. The predicted octanol–water partition coefficient (Wildman–Crippen LogP) is 1.72. The minimum Gasteiger partial charge on any atom is -0.464 e. The van der Waals surface area contributed by atoms with Gasteiger partial charge in [0.05, 0.1) is 12.8 Å². The number of anilines is 1. The summed E-state index contributed by atoms with van der Waals surface area (Å²) < 4.78 is 6.89. The third-order valence-corrected chi connectivity index (χ3v) is 3.40. The summed E-state index contributed by atoms with van der Waals surface area (Å²) in [5.74, 6) is -0.633. The Bertz CT molecular complexity index is 688. The number of rotatable bonds is 2. The fourth-order valence-electron chi connectivity index (χ4n) is 1.60. The molecule has 2 N–H and O–H groups in total. The molecule has 0 saturated carbocycles. The first-order valence-corrected chi connectivity index (χ1v) is 6.29. The molecule has 0 bridgehead atoms. The Morgan fingerprint density at radius 3 is 2.79 bits per heavy atom. The van der Waals surface area contributed by atoms with Gasteiger partial charge in [-0.25, -0.2) is 9.48 Å². The summed E-state index contributed by atoms with van der Waals surface area (Å²) in [5.41, 5.74) is 6.51. The number of carbonyl (C=O) groups excluding carboxylic acids is 1. The molecule has 7 heteroatoms. The zero-order valence-corrected chi connectivity index (χ0v) is 12.1. The van der Waals surface area contributed by atoms with Crippen LogP contribution in [0.4, 0.5) is 5.69 Å². The Labute approximate surface area is 122 Å². The summed E-state index contributed by atoms with van der Waals surface area (Å²) in [6.07, 6.45) is 0. The minimum absolute atomic E-state index is 0.0000491. The van der Waals surface area contributed by atoms with Gasteiger partial charge < -0.3 is 10.5 Å². The average molecular weight is 368 g/mol. The molecule has 1 aromatic heterocycles. The van der Waals surface area contributed by atoms with Crippen molar-refractivity contribution < 1.29 is 9.53 Å². The zero-order chi connectivity index (χ0) is 14.0. The van der Waals surface area contributed by atoms with Gasteiger partial charge >= 0.3 is 5.97 Å². The number of carbonyl (C=O) groups is 1. The minimum atomic E-state index is -0.633. The highest BCUT2D eigenvalue weighted by molar-refractivity contribution is 14.1. The number of esters is 1. The number of halogens is 1. The Hall–Kier alpha value is -2.08. The van der Waals surface area contributed by atoms with E-state index >= 15 is 0 Å². The van der Waals surface area contributed by atoms with Crippen LogP contribution in [0.2, 0.25) is 0 Å². The quantitative estimate of drug-likeness (QED) is 0.644. The van der Waals surface area contributed by atoms with E-state index in [2.05, 4.69) is 32.4 Å². The van der Waals surface area contributed by atoms with Crippen LogP contribution in [0.25, 0.3) is 5.69 Å². The molecule has 0 spiro atoms. The molecule has 0 fully saturated rings. The maximum Gasteiger partial charge on any atom is 0.359 e. The maximum atomic E-state index is 11.8. The van der Waals surface area contributed by atoms with Crippen molar-refractivity contribution in [3.8, 4) is 11.8 Å². The first-order valence-electron chi connectivity index (χ1n) is 5.22. The molecule has 1 heterocycles. The number of hydrogen-bond donors (Lipinski definition) is 1. The van der Waals surface area contributed by atoms with Gasteiger partial charge in [-0.15, -0.1) is 0 Å². The van der Waals surface area contributed by atoms with Crippen LogP contribution in [0.1, 0.15) is 16.2 Å². The van der Waals surface area contributed by atoms with Crippen LogP contribution in [-0.2, 0) is 4.74 Å². The van der Waals surface area contributed by atoms with Gasteiger partial charge in [0, 0.05) is 3.57 Å². The average Bonchev–Trinajstić information content (AvgIpc) is 2.75. The van der Waals surface area contributed by atoms with Crippen molar-refractivity contribution in [2.75, 3.05) is 12.8 Å². The summed E-state index contributed by atoms with van der Waals surface area (Å²) >= 11 is 2.11. The highest BCUT2D eigenvalue weighted by atomic mass is 127. The number of para-hydroxylation sites is 1. The predicted molar refractivity (Wildman–Crippen MR) is 76.7 cm³/mol.